The molecule has 1 aliphatic rings. The third-order valence-electron chi connectivity index (χ3n) is 5.47. The molecule has 2 heterocycles. The van der Waals surface area contributed by atoms with Crippen molar-refractivity contribution in [2.24, 2.45) is 0 Å². The van der Waals surface area contributed by atoms with Crippen LogP contribution in [0.15, 0.2) is 48.7 Å². The molecule has 1 saturated heterocycles. The zero-order valence-corrected chi connectivity index (χ0v) is 17.5. The fourth-order valence-electron chi connectivity index (χ4n) is 3.80. The van der Waals surface area contributed by atoms with Crippen LogP contribution in [0, 0.1) is 5.82 Å². The highest BCUT2D eigenvalue weighted by molar-refractivity contribution is 5.46. The highest BCUT2D eigenvalue weighted by Gasteiger charge is 2.34. The molecule has 5 nitrogen and oxygen atoms in total. The standard InChI is InChI=1S/C23H23F4N3O2/c1-31-21-11-15(5-6-19(21)23(25,26)27)13-28-22-29-20(16-7-9-32-10-8-16)14-30(22)18-4-2-3-17(24)12-18/h2-6,11-12,14,16H,7-10,13H2,1H3,(H,28,29). The minimum Gasteiger partial charge on any atom is -0.496 e. The first-order chi connectivity index (χ1) is 15.3. The molecule has 1 N–H and O–H groups in total. The second-order valence-corrected chi connectivity index (χ2v) is 7.61. The third-order valence-corrected chi connectivity index (χ3v) is 5.47. The fraction of sp³-hybridized carbons (Fsp3) is 0.348. The number of halogens is 4. The van der Waals surface area contributed by atoms with Gasteiger partial charge in [0.1, 0.15) is 11.6 Å². The van der Waals surface area contributed by atoms with Gasteiger partial charge < -0.3 is 14.8 Å². The van der Waals surface area contributed by atoms with Crippen molar-refractivity contribution in [3.63, 3.8) is 0 Å². The van der Waals surface area contributed by atoms with Crippen LogP contribution in [0.3, 0.4) is 0 Å². The van der Waals surface area contributed by atoms with Crippen LogP contribution in [0.25, 0.3) is 5.69 Å². The molecule has 0 spiro atoms. The molecule has 0 radical (unpaired) electrons. The van der Waals surface area contributed by atoms with E-state index in [-0.39, 0.29) is 24.0 Å². The fourth-order valence-corrected chi connectivity index (χ4v) is 3.80. The summed E-state index contributed by atoms with van der Waals surface area (Å²) in [4.78, 5) is 4.72. The Morgan fingerprint density at radius 2 is 1.94 bits per heavy atom. The van der Waals surface area contributed by atoms with Crippen molar-refractivity contribution in [2.45, 2.75) is 31.5 Å². The Morgan fingerprint density at radius 1 is 1.16 bits per heavy atom. The maximum absolute atomic E-state index is 13.8. The summed E-state index contributed by atoms with van der Waals surface area (Å²) in [7, 11) is 1.21. The molecule has 170 valence electrons. The molecule has 0 atom stereocenters. The summed E-state index contributed by atoms with van der Waals surface area (Å²) in [6.07, 6.45) is -0.935. The molecule has 0 unspecified atom stereocenters. The Kier molecular flexibility index (Phi) is 6.36. The molecule has 4 rings (SSSR count). The molecule has 3 aromatic rings. The lowest BCUT2D eigenvalue weighted by molar-refractivity contribution is -0.138. The topological polar surface area (TPSA) is 48.3 Å². The minimum absolute atomic E-state index is 0.216. The van der Waals surface area contributed by atoms with Gasteiger partial charge in [-0.25, -0.2) is 9.37 Å². The van der Waals surface area contributed by atoms with Gasteiger partial charge in [-0.2, -0.15) is 13.2 Å². The number of nitrogens with one attached hydrogen (secondary N) is 1. The van der Waals surface area contributed by atoms with Crippen molar-refractivity contribution < 1.29 is 27.0 Å². The second kappa shape index (κ2) is 9.20. The lowest BCUT2D eigenvalue weighted by Crippen LogP contribution is -2.14. The van der Waals surface area contributed by atoms with Gasteiger partial charge in [0.05, 0.1) is 24.1 Å². The molecule has 0 amide bonds. The van der Waals surface area contributed by atoms with Gasteiger partial charge in [-0.15, -0.1) is 0 Å². The summed E-state index contributed by atoms with van der Waals surface area (Å²) >= 11 is 0. The predicted molar refractivity (Wildman–Crippen MR) is 112 cm³/mol. The molecule has 0 aliphatic carbocycles. The Bertz CT molecular complexity index is 1080. The van der Waals surface area contributed by atoms with E-state index in [1.54, 1.807) is 16.7 Å². The highest BCUT2D eigenvalue weighted by atomic mass is 19.4. The van der Waals surface area contributed by atoms with E-state index >= 15 is 0 Å². The smallest absolute Gasteiger partial charge is 0.419 e. The van der Waals surface area contributed by atoms with Gasteiger partial charge in [0.15, 0.2) is 0 Å². The number of hydrogen-bond donors (Lipinski definition) is 1. The molecule has 0 saturated carbocycles. The summed E-state index contributed by atoms with van der Waals surface area (Å²) in [5.41, 5.74) is 1.23. The first-order valence-corrected chi connectivity index (χ1v) is 10.3. The van der Waals surface area contributed by atoms with Gasteiger partial charge in [-0.3, -0.25) is 4.57 Å². The monoisotopic (exact) mass is 449 g/mol. The zero-order chi connectivity index (χ0) is 22.7. The van der Waals surface area contributed by atoms with E-state index in [0.717, 1.165) is 24.6 Å². The number of rotatable bonds is 6. The van der Waals surface area contributed by atoms with Crippen molar-refractivity contribution in [1.82, 2.24) is 9.55 Å². The van der Waals surface area contributed by atoms with Gasteiger partial charge in [-0.1, -0.05) is 12.1 Å². The molecule has 2 aromatic carbocycles. The van der Waals surface area contributed by atoms with E-state index in [9.17, 15) is 17.6 Å². The maximum atomic E-state index is 13.8. The van der Waals surface area contributed by atoms with Gasteiger partial charge in [0, 0.05) is 31.9 Å². The lowest BCUT2D eigenvalue weighted by atomic mass is 9.97. The molecule has 1 aliphatic heterocycles. The van der Waals surface area contributed by atoms with Gasteiger partial charge >= 0.3 is 6.18 Å². The average Bonchev–Trinajstić information content (AvgIpc) is 3.22. The molecule has 32 heavy (non-hydrogen) atoms. The molecule has 1 aromatic heterocycles. The van der Waals surface area contributed by atoms with Gasteiger partial charge in [0.25, 0.3) is 0 Å². The Balaban J connectivity index is 1.61. The third kappa shape index (κ3) is 4.88. The van der Waals surface area contributed by atoms with Crippen LogP contribution in [0.4, 0.5) is 23.5 Å². The number of ether oxygens (including phenoxy) is 2. The normalized spacial score (nSPS) is 15.0. The van der Waals surface area contributed by atoms with Crippen molar-refractivity contribution in [3.8, 4) is 11.4 Å². The summed E-state index contributed by atoms with van der Waals surface area (Å²) in [5, 5.41) is 3.18. The number of benzene rings is 2. The quantitative estimate of drug-likeness (QED) is 0.502. The summed E-state index contributed by atoms with van der Waals surface area (Å²) < 4.78 is 65.3. The number of hydrogen-bond acceptors (Lipinski definition) is 4. The van der Waals surface area contributed by atoms with Gasteiger partial charge in [0.2, 0.25) is 5.95 Å². The number of alkyl halides is 3. The minimum atomic E-state index is -4.50. The number of anilines is 1. The Hall–Kier alpha value is -3.07. The predicted octanol–water partition coefficient (Wildman–Crippen LogP) is 5.54. The van der Waals surface area contributed by atoms with Crippen molar-refractivity contribution in [2.75, 3.05) is 25.6 Å². The molecular weight excluding hydrogens is 426 g/mol. The Labute approximate surface area is 183 Å². The number of aromatic nitrogens is 2. The number of imidazole rings is 1. The van der Waals surface area contributed by atoms with Crippen LogP contribution in [0.2, 0.25) is 0 Å². The van der Waals surface area contributed by atoms with Crippen LogP contribution in [0.5, 0.6) is 5.75 Å². The highest BCUT2D eigenvalue weighted by Crippen LogP contribution is 2.36. The summed E-state index contributed by atoms with van der Waals surface area (Å²) in [6, 6.07) is 9.90. The van der Waals surface area contributed by atoms with Crippen LogP contribution in [-0.4, -0.2) is 29.9 Å². The first-order valence-electron chi connectivity index (χ1n) is 10.3. The van der Waals surface area contributed by atoms with E-state index in [0.29, 0.717) is 30.4 Å². The zero-order valence-electron chi connectivity index (χ0n) is 17.5. The first kappa shape index (κ1) is 22.1. The molecular formula is C23H23F4N3O2. The Morgan fingerprint density at radius 3 is 2.62 bits per heavy atom. The van der Waals surface area contributed by atoms with Crippen molar-refractivity contribution in [3.05, 3.63) is 71.3 Å². The van der Waals surface area contributed by atoms with Crippen LogP contribution < -0.4 is 10.1 Å². The van der Waals surface area contributed by atoms with Crippen molar-refractivity contribution in [1.29, 1.82) is 0 Å². The van der Waals surface area contributed by atoms with Crippen LogP contribution >= 0.6 is 0 Å². The number of nitrogens with zero attached hydrogens (tertiary/aromatic N) is 2. The molecule has 0 bridgehead atoms. The second-order valence-electron chi connectivity index (χ2n) is 7.61. The number of methoxy groups -OCH3 is 1. The van der Waals surface area contributed by atoms with E-state index in [2.05, 4.69) is 5.32 Å². The van der Waals surface area contributed by atoms with E-state index in [1.807, 2.05) is 6.20 Å². The largest absolute Gasteiger partial charge is 0.496 e. The summed E-state index contributed by atoms with van der Waals surface area (Å²) in [6.45, 7) is 1.53. The molecule has 1 fully saturated rings. The van der Waals surface area contributed by atoms with Crippen LogP contribution in [0.1, 0.15) is 35.6 Å². The van der Waals surface area contributed by atoms with E-state index in [4.69, 9.17) is 14.5 Å². The average molecular weight is 449 g/mol. The van der Waals surface area contributed by atoms with Gasteiger partial charge in [-0.05, 0) is 48.7 Å². The van der Waals surface area contributed by atoms with E-state index in [1.165, 1.54) is 31.4 Å². The van der Waals surface area contributed by atoms with Crippen LogP contribution in [-0.2, 0) is 17.5 Å². The van der Waals surface area contributed by atoms with Crippen molar-refractivity contribution >= 4 is 5.95 Å². The summed E-state index contributed by atoms with van der Waals surface area (Å²) in [5.74, 6) is 0.0941. The maximum Gasteiger partial charge on any atom is 0.419 e. The SMILES string of the molecule is COc1cc(CNc2nc(C3CCOCC3)cn2-c2cccc(F)c2)ccc1C(F)(F)F. The molecule has 9 heteroatoms. The van der Waals surface area contributed by atoms with E-state index < -0.39 is 11.7 Å². The lowest BCUT2D eigenvalue weighted by Gasteiger charge is -2.19.